The third-order valence-corrected chi connectivity index (χ3v) is 2.44. The normalized spacial score (nSPS) is 12.9. The van der Waals surface area contributed by atoms with Crippen LogP contribution in [0.15, 0.2) is 24.3 Å². The molecule has 1 rings (SSSR count). The Balaban J connectivity index is 2.74. The zero-order valence-electron chi connectivity index (χ0n) is 11.4. The molecular weight excluding hydrogens is 230 g/mol. The van der Waals surface area contributed by atoms with Gasteiger partial charge in [0.1, 0.15) is 5.60 Å². The fourth-order valence-corrected chi connectivity index (χ4v) is 1.65. The van der Waals surface area contributed by atoms with Crippen molar-refractivity contribution in [2.45, 2.75) is 39.3 Å². The maximum absolute atomic E-state index is 11.7. The van der Waals surface area contributed by atoms with Gasteiger partial charge in [0.2, 0.25) is 0 Å². The Labute approximate surface area is 108 Å². The van der Waals surface area contributed by atoms with Gasteiger partial charge in [-0.15, -0.1) is 0 Å². The third kappa shape index (κ3) is 4.37. The van der Waals surface area contributed by atoms with E-state index in [0.717, 1.165) is 11.1 Å². The second-order valence-electron chi connectivity index (χ2n) is 5.24. The van der Waals surface area contributed by atoms with Crippen LogP contribution in [0.25, 0.3) is 0 Å². The lowest BCUT2D eigenvalue weighted by Crippen LogP contribution is -2.36. The Hall–Kier alpha value is -1.55. The quantitative estimate of drug-likeness (QED) is 0.868. The van der Waals surface area contributed by atoms with E-state index in [9.17, 15) is 9.90 Å². The van der Waals surface area contributed by atoms with Crippen LogP contribution in [0.1, 0.15) is 37.9 Å². The second kappa shape index (κ2) is 5.87. The number of carbonyl (C=O) groups is 1. The number of rotatable bonds is 3. The summed E-state index contributed by atoms with van der Waals surface area (Å²) in [6.07, 6.45) is -0.523. The summed E-state index contributed by atoms with van der Waals surface area (Å²) >= 11 is 0. The average molecular weight is 251 g/mol. The Kier molecular flexibility index (Phi) is 4.73. The number of carbonyl (C=O) groups excluding carboxylic acids is 1. The van der Waals surface area contributed by atoms with Crippen LogP contribution in [-0.4, -0.2) is 23.4 Å². The topological polar surface area (TPSA) is 58.6 Å². The molecule has 0 spiro atoms. The minimum absolute atomic E-state index is 0.163. The fraction of sp³-hybridized carbons (Fsp3) is 0.500. The summed E-state index contributed by atoms with van der Waals surface area (Å²) < 4.78 is 5.17. The summed E-state index contributed by atoms with van der Waals surface area (Å²) in [6.45, 7) is 7.18. The van der Waals surface area contributed by atoms with Gasteiger partial charge in [-0.25, -0.2) is 4.79 Å². The van der Waals surface area contributed by atoms with E-state index in [1.54, 1.807) is 20.8 Å². The highest BCUT2D eigenvalue weighted by Crippen LogP contribution is 2.17. The number of nitrogens with one attached hydrogen (secondary N) is 1. The molecule has 0 aliphatic carbocycles. The maximum atomic E-state index is 11.7. The van der Waals surface area contributed by atoms with Crippen LogP contribution in [0, 0.1) is 6.92 Å². The van der Waals surface area contributed by atoms with Crippen molar-refractivity contribution >= 4 is 6.09 Å². The molecule has 0 fully saturated rings. The van der Waals surface area contributed by atoms with Gasteiger partial charge < -0.3 is 15.2 Å². The Morgan fingerprint density at radius 1 is 1.39 bits per heavy atom. The summed E-state index contributed by atoms with van der Waals surface area (Å²) in [6, 6.07) is 7.17. The van der Waals surface area contributed by atoms with E-state index in [4.69, 9.17) is 4.74 Å². The lowest BCUT2D eigenvalue weighted by atomic mass is 10.0. The molecule has 0 saturated heterocycles. The molecule has 4 nitrogen and oxygen atoms in total. The molecule has 1 atom stereocenters. The molecule has 1 aromatic carbocycles. The van der Waals surface area contributed by atoms with E-state index >= 15 is 0 Å². The standard InChI is InChI=1S/C14H21NO3/c1-10-7-5-6-8-11(10)12(9-16)15-13(17)18-14(2,3)4/h5-8,12,16H,9H2,1-4H3,(H,15,17)/t12-/m1/s1. The number of ether oxygens (including phenoxy) is 1. The first kappa shape index (κ1) is 14.5. The van der Waals surface area contributed by atoms with Gasteiger partial charge in [-0.2, -0.15) is 0 Å². The number of amides is 1. The Bertz CT molecular complexity index is 410. The predicted octanol–water partition coefficient (Wildman–Crippen LogP) is 2.55. The molecule has 0 aliphatic rings. The van der Waals surface area contributed by atoms with Crippen molar-refractivity contribution in [3.05, 3.63) is 35.4 Å². The molecule has 0 aromatic heterocycles. The summed E-state index contributed by atoms with van der Waals surface area (Å²) in [5.41, 5.74) is 1.37. The van der Waals surface area contributed by atoms with E-state index in [-0.39, 0.29) is 6.61 Å². The van der Waals surface area contributed by atoms with Crippen LogP contribution >= 0.6 is 0 Å². The molecule has 2 N–H and O–H groups in total. The van der Waals surface area contributed by atoms with Crippen molar-refractivity contribution in [2.75, 3.05) is 6.61 Å². The zero-order valence-corrected chi connectivity index (χ0v) is 11.4. The second-order valence-corrected chi connectivity index (χ2v) is 5.24. The van der Waals surface area contributed by atoms with Gasteiger partial charge >= 0.3 is 6.09 Å². The Morgan fingerprint density at radius 2 is 2.00 bits per heavy atom. The largest absolute Gasteiger partial charge is 0.444 e. The number of aliphatic hydroxyl groups is 1. The molecular formula is C14H21NO3. The van der Waals surface area contributed by atoms with Crippen molar-refractivity contribution in [3.8, 4) is 0 Å². The van der Waals surface area contributed by atoms with Crippen molar-refractivity contribution < 1.29 is 14.6 Å². The Morgan fingerprint density at radius 3 is 2.50 bits per heavy atom. The van der Waals surface area contributed by atoms with Gasteiger partial charge in [-0.1, -0.05) is 24.3 Å². The number of aryl methyl sites for hydroxylation is 1. The molecule has 0 radical (unpaired) electrons. The molecule has 100 valence electrons. The SMILES string of the molecule is Cc1ccccc1[C@@H](CO)NC(=O)OC(C)(C)C. The predicted molar refractivity (Wildman–Crippen MR) is 70.4 cm³/mol. The van der Waals surface area contributed by atoms with Crippen molar-refractivity contribution in [1.29, 1.82) is 0 Å². The maximum Gasteiger partial charge on any atom is 0.408 e. The molecule has 0 saturated carbocycles. The van der Waals surface area contributed by atoms with Crippen molar-refractivity contribution in [2.24, 2.45) is 0 Å². The van der Waals surface area contributed by atoms with Gasteiger partial charge in [0.25, 0.3) is 0 Å². The van der Waals surface area contributed by atoms with E-state index in [0.29, 0.717) is 0 Å². The fourth-order valence-electron chi connectivity index (χ4n) is 1.65. The first-order valence-corrected chi connectivity index (χ1v) is 5.99. The molecule has 0 heterocycles. The smallest absolute Gasteiger partial charge is 0.408 e. The van der Waals surface area contributed by atoms with Crippen molar-refractivity contribution in [1.82, 2.24) is 5.32 Å². The minimum atomic E-state index is -0.546. The molecule has 18 heavy (non-hydrogen) atoms. The number of benzene rings is 1. The molecule has 1 amide bonds. The van der Waals surface area contributed by atoms with Gasteiger partial charge in [-0.3, -0.25) is 0 Å². The highest BCUT2D eigenvalue weighted by atomic mass is 16.6. The summed E-state index contributed by atoms with van der Waals surface area (Å²) in [7, 11) is 0. The van der Waals surface area contributed by atoms with Gasteiger partial charge in [-0.05, 0) is 38.8 Å². The average Bonchev–Trinajstić information content (AvgIpc) is 2.24. The summed E-state index contributed by atoms with van der Waals surface area (Å²) in [5.74, 6) is 0. The van der Waals surface area contributed by atoms with Gasteiger partial charge in [0.05, 0.1) is 12.6 Å². The molecule has 0 unspecified atom stereocenters. The molecule has 0 bridgehead atoms. The molecule has 4 heteroatoms. The highest BCUT2D eigenvalue weighted by Gasteiger charge is 2.20. The summed E-state index contributed by atoms with van der Waals surface area (Å²) in [4.78, 5) is 11.7. The third-order valence-electron chi connectivity index (χ3n) is 2.44. The highest BCUT2D eigenvalue weighted by molar-refractivity contribution is 5.68. The van der Waals surface area contributed by atoms with Crippen LogP contribution in [0.4, 0.5) is 4.79 Å². The van der Waals surface area contributed by atoms with E-state index in [1.807, 2.05) is 31.2 Å². The van der Waals surface area contributed by atoms with E-state index in [1.165, 1.54) is 0 Å². The first-order valence-electron chi connectivity index (χ1n) is 5.99. The van der Waals surface area contributed by atoms with E-state index in [2.05, 4.69) is 5.32 Å². The monoisotopic (exact) mass is 251 g/mol. The number of aliphatic hydroxyl groups excluding tert-OH is 1. The van der Waals surface area contributed by atoms with Crippen molar-refractivity contribution in [3.63, 3.8) is 0 Å². The lowest BCUT2D eigenvalue weighted by molar-refractivity contribution is 0.0481. The zero-order chi connectivity index (χ0) is 13.8. The van der Waals surface area contributed by atoms with Gasteiger partial charge in [0.15, 0.2) is 0 Å². The molecule has 1 aromatic rings. The number of hydrogen-bond donors (Lipinski definition) is 2. The molecule has 0 aliphatic heterocycles. The number of alkyl carbamates (subject to hydrolysis) is 1. The first-order chi connectivity index (χ1) is 8.33. The van der Waals surface area contributed by atoms with Crippen LogP contribution in [0.2, 0.25) is 0 Å². The van der Waals surface area contributed by atoms with E-state index < -0.39 is 17.7 Å². The van der Waals surface area contributed by atoms with Crippen LogP contribution in [-0.2, 0) is 4.74 Å². The minimum Gasteiger partial charge on any atom is -0.444 e. The number of hydrogen-bond acceptors (Lipinski definition) is 3. The van der Waals surface area contributed by atoms with Crippen LogP contribution < -0.4 is 5.32 Å². The van der Waals surface area contributed by atoms with Gasteiger partial charge in [0, 0.05) is 0 Å². The van der Waals surface area contributed by atoms with Crippen LogP contribution in [0.3, 0.4) is 0 Å². The van der Waals surface area contributed by atoms with Crippen LogP contribution in [0.5, 0.6) is 0 Å². The lowest BCUT2D eigenvalue weighted by Gasteiger charge is -2.23. The summed E-state index contributed by atoms with van der Waals surface area (Å²) in [5, 5.41) is 12.1.